The molecule has 0 saturated carbocycles. The van der Waals surface area contributed by atoms with Crippen LogP contribution in [-0.2, 0) is 17.8 Å². The van der Waals surface area contributed by atoms with E-state index in [2.05, 4.69) is 15.5 Å². The molecule has 7 heteroatoms. The van der Waals surface area contributed by atoms with Crippen molar-refractivity contribution in [1.29, 1.82) is 0 Å². The molecule has 3 aromatic rings. The summed E-state index contributed by atoms with van der Waals surface area (Å²) in [5.41, 5.74) is 2.91. The van der Waals surface area contributed by atoms with E-state index in [9.17, 15) is 4.79 Å². The number of aryl methyl sites for hydroxylation is 2. The van der Waals surface area contributed by atoms with Gasteiger partial charge < -0.3 is 19.2 Å². The maximum Gasteiger partial charge on any atom is 0.247 e. The molecular formula is C21H23N3O4. The van der Waals surface area contributed by atoms with Crippen molar-refractivity contribution in [1.82, 2.24) is 15.5 Å². The Labute approximate surface area is 163 Å². The molecular weight excluding hydrogens is 358 g/mol. The number of nitrogens with one attached hydrogen (secondary N) is 1. The number of methoxy groups -OCH3 is 2. The zero-order valence-corrected chi connectivity index (χ0v) is 16.2. The van der Waals surface area contributed by atoms with Gasteiger partial charge in [0.15, 0.2) is 11.5 Å². The van der Waals surface area contributed by atoms with Crippen molar-refractivity contribution >= 4 is 5.91 Å². The molecule has 0 aliphatic carbocycles. The topological polar surface area (TPSA) is 86.5 Å². The van der Waals surface area contributed by atoms with Crippen LogP contribution in [0.2, 0.25) is 0 Å². The van der Waals surface area contributed by atoms with Crippen LogP contribution in [0.15, 0.2) is 46.9 Å². The highest BCUT2D eigenvalue weighted by atomic mass is 16.5. The van der Waals surface area contributed by atoms with Crippen molar-refractivity contribution < 1.29 is 18.7 Å². The number of hydrogen-bond donors (Lipinski definition) is 1. The molecule has 0 atom stereocenters. The van der Waals surface area contributed by atoms with Crippen LogP contribution in [0.3, 0.4) is 0 Å². The lowest BCUT2D eigenvalue weighted by molar-refractivity contribution is -0.121. The van der Waals surface area contributed by atoms with Crippen molar-refractivity contribution in [2.45, 2.75) is 26.3 Å². The normalized spacial score (nSPS) is 10.5. The van der Waals surface area contributed by atoms with Gasteiger partial charge in [-0.2, -0.15) is 0 Å². The molecule has 0 aliphatic rings. The summed E-state index contributed by atoms with van der Waals surface area (Å²) < 4.78 is 16.1. The van der Waals surface area contributed by atoms with E-state index < -0.39 is 0 Å². The average molecular weight is 381 g/mol. The van der Waals surface area contributed by atoms with E-state index in [4.69, 9.17) is 13.9 Å². The van der Waals surface area contributed by atoms with Crippen LogP contribution in [0.25, 0.3) is 11.5 Å². The minimum Gasteiger partial charge on any atom is -0.493 e. The SMILES string of the molecule is COc1ccc(CNC(=O)CCc2nnc(-c3cccc(C)c3)o2)cc1OC. The number of amides is 1. The number of carbonyl (C=O) groups is 1. The van der Waals surface area contributed by atoms with Gasteiger partial charge in [-0.3, -0.25) is 4.79 Å². The smallest absolute Gasteiger partial charge is 0.247 e. The van der Waals surface area contributed by atoms with Gasteiger partial charge >= 0.3 is 0 Å². The molecule has 0 aliphatic heterocycles. The van der Waals surface area contributed by atoms with E-state index in [1.807, 2.05) is 49.4 Å². The molecule has 0 saturated heterocycles. The first-order valence-electron chi connectivity index (χ1n) is 8.96. The van der Waals surface area contributed by atoms with Crippen LogP contribution in [0.1, 0.15) is 23.4 Å². The standard InChI is InChI=1S/C21H23N3O4/c1-14-5-4-6-16(11-14)21-24-23-20(28-21)10-9-19(25)22-13-15-7-8-17(26-2)18(12-15)27-3/h4-8,11-12H,9-10,13H2,1-3H3,(H,22,25). The zero-order chi connectivity index (χ0) is 19.9. The van der Waals surface area contributed by atoms with Gasteiger partial charge in [-0.25, -0.2) is 0 Å². The summed E-state index contributed by atoms with van der Waals surface area (Å²) in [4.78, 5) is 12.1. The second kappa shape index (κ2) is 9.03. The van der Waals surface area contributed by atoms with Gasteiger partial charge in [-0.15, -0.1) is 10.2 Å². The molecule has 28 heavy (non-hydrogen) atoms. The Morgan fingerprint density at radius 3 is 2.64 bits per heavy atom. The lowest BCUT2D eigenvalue weighted by Gasteiger charge is -2.10. The fraction of sp³-hybridized carbons (Fsp3) is 0.286. The van der Waals surface area contributed by atoms with E-state index >= 15 is 0 Å². The van der Waals surface area contributed by atoms with E-state index in [0.717, 1.165) is 16.7 Å². The number of ether oxygens (including phenoxy) is 2. The summed E-state index contributed by atoms with van der Waals surface area (Å²) in [6, 6.07) is 13.4. The minimum atomic E-state index is -0.0925. The first-order chi connectivity index (χ1) is 13.6. The Bertz CT molecular complexity index is 952. The van der Waals surface area contributed by atoms with Gasteiger partial charge in [0.2, 0.25) is 17.7 Å². The first-order valence-corrected chi connectivity index (χ1v) is 8.96. The monoisotopic (exact) mass is 381 g/mol. The van der Waals surface area contributed by atoms with Crippen molar-refractivity contribution in [3.05, 3.63) is 59.5 Å². The predicted molar refractivity (Wildman–Crippen MR) is 104 cm³/mol. The fourth-order valence-electron chi connectivity index (χ4n) is 2.75. The number of aromatic nitrogens is 2. The zero-order valence-electron chi connectivity index (χ0n) is 16.2. The Hall–Kier alpha value is -3.35. The molecule has 146 valence electrons. The molecule has 0 radical (unpaired) electrons. The van der Waals surface area contributed by atoms with Crippen molar-refractivity contribution in [3.8, 4) is 23.0 Å². The van der Waals surface area contributed by atoms with E-state index in [0.29, 0.717) is 36.2 Å². The van der Waals surface area contributed by atoms with Gasteiger partial charge in [0.25, 0.3) is 0 Å². The van der Waals surface area contributed by atoms with Gasteiger partial charge in [-0.1, -0.05) is 23.8 Å². The molecule has 0 unspecified atom stereocenters. The third-order valence-corrected chi connectivity index (χ3v) is 4.24. The van der Waals surface area contributed by atoms with Gasteiger partial charge in [0.1, 0.15) is 0 Å². The van der Waals surface area contributed by atoms with Crippen LogP contribution in [-0.4, -0.2) is 30.3 Å². The van der Waals surface area contributed by atoms with Crippen molar-refractivity contribution in [3.63, 3.8) is 0 Å². The van der Waals surface area contributed by atoms with Gasteiger partial charge in [0.05, 0.1) is 14.2 Å². The molecule has 1 aromatic heterocycles. The Kier molecular flexibility index (Phi) is 6.26. The lowest BCUT2D eigenvalue weighted by atomic mass is 10.1. The molecule has 0 bridgehead atoms. The minimum absolute atomic E-state index is 0.0925. The molecule has 3 rings (SSSR count). The summed E-state index contributed by atoms with van der Waals surface area (Å²) in [7, 11) is 3.16. The first kappa shape index (κ1) is 19.4. The molecule has 1 heterocycles. The highest BCUT2D eigenvalue weighted by Crippen LogP contribution is 2.27. The maximum atomic E-state index is 12.1. The number of nitrogens with zero attached hydrogens (tertiary/aromatic N) is 2. The maximum absolute atomic E-state index is 12.1. The van der Waals surface area contributed by atoms with Crippen LogP contribution in [0.5, 0.6) is 11.5 Å². The number of benzene rings is 2. The van der Waals surface area contributed by atoms with E-state index in [1.165, 1.54) is 0 Å². The third-order valence-electron chi connectivity index (χ3n) is 4.24. The molecule has 1 amide bonds. The van der Waals surface area contributed by atoms with E-state index in [1.54, 1.807) is 14.2 Å². The Morgan fingerprint density at radius 2 is 1.89 bits per heavy atom. The highest BCUT2D eigenvalue weighted by molar-refractivity contribution is 5.76. The second-order valence-electron chi connectivity index (χ2n) is 6.34. The van der Waals surface area contributed by atoms with Crippen molar-refractivity contribution in [2.75, 3.05) is 14.2 Å². The molecule has 0 fully saturated rings. The summed E-state index contributed by atoms with van der Waals surface area (Å²) >= 11 is 0. The van der Waals surface area contributed by atoms with Gasteiger partial charge in [-0.05, 0) is 36.8 Å². The number of hydrogen-bond acceptors (Lipinski definition) is 6. The Balaban J connectivity index is 1.51. The van der Waals surface area contributed by atoms with Crippen molar-refractivity contribution in [2.24, 2.45) is 0 Å². The van der Waals surface area contributed by atoms with Crippen LogP contribution >= 0.6 is 0 Å². The van der Waals surface area contributed by atoms with Crippen LogP contribution in [0, 0.1) is 6.92 Å². The van der Waals surface area contributed by atoms with E-state index in [-0.39, 0.29) is 12.3 Å². The molecule has 2 aromatic carbocycles. The highest BCUT2D eigenvalue weighted by Gasteiger charge is 2.11. The average Bonchev–Trinajstić information content (AvgIpc) is 3.19. The predicted octanol–water partition coefficient (Wildman–Crippen LogP) is 3.31. The largest absolute Gasteiger partial charge is 0.493 e. The summed E-state index contributed by atoms with van der Waals surface area (Å²) in [6.07, 6.45) is 0.652. The third kappa shape index (κ3) is 4.88. The fourth-order valence-corrected chi connectivity index (χ4v) is 2.75. The quantitative estimate of drug-likeness (QED) is 0.644. The molecule has 1 N–H and O–H groups in total. The Morgan fingerprint density at radius 1 is 1.07 bits per heavy atom. The van der Waals surface area contributed by atoms with Crippen LogP contribution < -0.4 is 14.8 Å². The lowest BCUT2D eigenvalue weighted by Crippen LogP contribution is -2.23. The summed E-state index contributed by atoms with van der Waals surface area (Å²) in [5.74, 6) is 2.09. The second-order valence-corrected chi connectivity index (χ2v) is 6.34. The number of rotatable bonds is 8. The molecule has 7 nitrogen and oxygen atoms in total. The molecule has 0 spiro atoms. The van der Waals surface area contributed by atoms with Crippen LogP contribution in [0.4, 0.5) is 0 Å². The number of carbonyl (C=O) groups excluding carboxylic acids is 1. The summed E-state index contributed by atoms with van der Waals surface area (Å²) in [6.45, 7) is 2.40. The summed E-state index contributed by atoms with van der Waals surface area (Å²) in [5, 5.41) is 11.0. The van der Waals surface area contributed by atoms with Gasteiger partial charge in [0, 0.05) is 24.9 Å².